The van der Waals surface area contributed by atoms with Crippen molar-refractivity contribution in [1.82, 2.24) is 10.2 Å². The van der Waals surface area contributed by atoms with Crippen LogP contribution >= 0.6 is 0 Å². The van der Waals surface area contributed by atoms with Crippen LogP contribution in [0.25, 0.3) is 0 Å². The Labute approximate surface area is 156 Å². The minimum absolute atomic E-state index is 0.0698. The number of piperidine rings is 1. The molecule has 26 heavy (non-hydrogen) atoms. The average Bonchev–Trinajstić information content (AvgIpc) is 2.61. The summed E-state index contributed by atoms with van der Waals surface area (Å²) in [6.07, 6.45) is 7.30. The molecule has 6 nitrogen and oxygen atoms in total. The summed E-state index contributed by atoms with van der Waals surface area (Å²) in [4.78, 5) is 14.6. The van der Waals surface area contributed by atoms with Gasteiger partial charge < -0.3 is 5.32 Å². The van der Waals surface area contributed by atoms with Gasteiger partial charge in [0.05, 0.1) is 11.4 Å². The van der Waals surface area contributed by atoms with Crippen LogP contribution in [-0.2, 0) is 21.2 Å². The van der Waals surface area contributed by atoms with Gasteiger partial charge >= 0.3 is 0 Å². The number of sulfonamides is 1. The number of fused-ring (bicyclic) bond motifs is 1. The van der Waals surface area contributed by atoms with Crippen molar-refractivity contribution >= 4 is 15.9 Å². The fraction of sp³-hybridized carbons (Fsp3) is 0.632. The van der Waals surface area contributed by atoms with Crippen molar-refractivity contribution in [3.8, 4) is 0 Å². The van der Waals surface area contributed by atoms with Crippen molar-refractivity contribution in [3.05, 3.63) is 29.8 Å². The molecule has 1 aromatic rings. The summed E-state index contributed by atoms with van der Waals surface area (Å²) in [5.74, 6) is 1.73. The van der Waals surface area contributed by atoms with E-state index >= 15 is 0 Å². The minimum atomic E-state index is -3.65. The normalized spacial score (nSPS) is 24.0. The standard InChI is InChI=1S/C19H29N3O3S/c20-26(24,25)18-7-5-15(6-8-18)9-11-21-19(23)14-22-12-10-16-3-1-2-4-17(16)13-22/h5-8,16-17H,1-4,9-14H2,(H,21,23)(H2,20,24,25)/t16-,17-/m1/s1. The van der Waals surface area contributed by atoms with Gasteiger partial charge in [-0.15, -0.1) is 0 Å². The number of likely N-dealkylation sites (tertiary alicyclic amines) is 1. The van der Waals surface area contributed by atoms with Crippen molar-refractivity contribution in [3.63, 3.8) is 0 Å². The van der Waals surface area contributed by atoms with Crippen molar-refractivity contribution in [1.29, 1.82) is 0 Å². The number of nitrogens with two attached hydrogens (primary N) is 1. The Balaban J connectivity index is 1.39. The number of amides is 1. The SMILES string of the molecule is NS(=O)(=O)c1ccc(CCNC(=O)CN2CC[C@H]3CCCC[C@@H]3C2)cc1. The number of nitrogens with one attached hydrogen (secondary N) is 1. The molecule has 7 heteroatoms. The maximum Gasteiger partial charge on any atom is 0.238 e. The van der Waals surface area contributed by atoms with E-state index in [2.05, 4.69) is 10.2 Å². The third-order valence-electron chi connectivity index (χ3n) is 5.73. The highest BCUT2D eigenvalue weighted by molar-refractivity contribution is 7.89. The molecular weight excluding hydrogens is 350 g/mol. The third-order valence-corrected chi connectivity index (χ3v) is 6.66. The van der Waals surface area contributed by atoms with Gasteiger partial charge in [-0.3, -0.25) is 9.69 Å². The van der Waals surface area contributed by atoms with Crippen LogP contribution in [0.2, 0.25) is 0 Å². The lowest BCUT2D eigenvalue weighted by atomic mass is 9.75. The molecule has 1 heterocycles. The van der Waals surface area contributed by atoms with Gasteiger partial charge in [0.1, 0.15) is 0 Å². The number of carbonyl (C=O) groups excluding carboxylic acids is 1. The molecule has 0 aromatic heterocycles. The molecule has 0 spiro atoms. The molecule has 1 aliphatic heterocycles. The van der Waals surface area contributed by atoms with Crippen LogP contribution in [0.4, 0.5) is 0 Å². The molecule has 0 radical (unpaired) electrons. The second kappa shape index (κ2) is 8.50. The average molecular weight is 380 g/mol. The van der Waals surface area contributed by atoms with E-state index in [9.17, 15) is 13.2 Å². The highest BCUT2D eigenvalue weighted by Crippen LogP contribution is 2.35. The first-order valence-electron chi connectivity index (χ1n) is 9.52. The molecule has 2 aliphatic rings. The van der Waals surface area contributed by atoms with Crippen LogP contribution in [0.15, 0.2) is 29.2 Å². The molecule has 0 bridgehead atoms. The monoisotopic (exact) mass is 379 g/mol. The van der Waals surface area contributed by atoms with Gasteiger partial charge in [-0.25, -0.2) is 13.6 Å². The van der Waals surface area contributed by atoms with E-state index in [-0.39, 0.29) is 10.8 Å². The molecule has 144 valence electrons. The minimum Gasteiger partial charge on any atom is -0.355 e. The van der Waals surface area contributed by atoms with Gasteiger partial charge in [-0.1, -0.05) is 31.4 Å². The van der Waals surface area contributed by atoms with E-state index in [4.69, 9.17) is 5.14 Å². The number of primary sulfonamides is 1. The summed E-state index contributed by atoms with van der Waals surface area (Å²) < 4.78 is 22.5. The summed E-state index contributed by atoms with van der Waals surface area (Å²) >= 11 is 0. The number of nitrogens with zero attached hydrogens (tertiary/aromatic N) is 1. The molecule has 2 atom stereocenters. The van der Waals surface area contributed by atoms with Gasteiger partial charge in [0, 0.05) is 13.1 Å². The van der Waals surface area contributed by atoms with Gasteiger partial charge in [0.2, 0.25) is 15.9 Å². The van der Waals surface area contributed by atoms with E-state index in [0.29, 0.717) is 19.5 Å². The van der Waals surface area contributed by atoms with Crippen LogP contribution in [-0.4, -0.2) is 45.4 Å². The predicted octanol–water partition coefficient (Wildman–Crippen LogP) is 1.50. The first-order valence-corrected chi connectivity index (χ1v) is 11.1. The maximum atomic E-state index is 12.2. The Morgan fingerprint density at radius 2 is 1.81 bits per heavy atom. The van der Waals surface area contributed by atoms with Crippen molar-refractivity contribution in [2.45, 2.75) is 43.4 Å². The highest BCUT2D eigenvalue weighted by Gasteiger charge is 2.31. The third kappa shape index (κ3) is 5.28. The maximum absolute atomic E-state index is 12.2. The Kier molecular flexibility index (Phi) is 6.32. The van der Waals surface area contributed by atoms with Crippen LogP contribution in [0.1, 0.15) is 37.7 Å². The lowest BCUT2D eigenvalue weighted by molar-refractivity contribution is -0.123. The van der Waals surface area contributed by atoms with Gasteiger partial charge in [0.25, 0.3) is 0 Å². The van der Waals surface area contributed by atoms with Crippen LogP contribution in [0, 0.1) is 11.8 Å². The zero-order valence-electron chi connectivity index (χ0n) is 15.2. The summed E-state index contributed by atoms with van der Waals surface area (Å²) in [6, 6.07) is 6.47. The zero-order valence-corrected chi connectivity index (χ0v) is 16.0. The predicted molar refractivity (Wildman–Crippen MR) is 101 cm³/mol. The Bertz CT molecular complexity index is 718. The van der Waals surface area contributed by atoms with Gasteiger partial charge in [-0.05, 0) is 55.3 Å². The summed E-state index contributed by atoms with van der Waals surface area (Å²) in [5.41, 5.74) is 0.973. The van der Waals surface area contributed by atoms with Crippen molar-refractivity contribution < 1.29 is 13.2 Å². The topological polar surface area (TPSA) is 92.5 Å². The zero-order chi connectivity index (χ0) is 18.6. The molecule has 2 fully saturated rings. The van der Waals surface area contributed by atoms with Gasteiger partial charge in [0.15, 0.2) is 0 Å². The molecule has 1 saturated carbocycles. The molecule has 1 aromatic carbocycles. The molecule has 1 aliphatic carbocycles. The second-order valence-electron chi connectivity index (χ2n) is 7.62. The highest BCUT2D eigenvalue weighted by atomic mass is 32.2. The summed E-state index contributed by atoms with van der Waals surface area (Å²) in [5, 5.41) is 8.06. The smallest absolute Gasteiger partial charge is 0.238 e. The van der Waals surface area contributed by atoms with Crippen LogP contribution < -0.4 is 10.5 Å². The fourth-order valence-electron chi connectivity index (χ4n) is 4.27. The molecule has 3 N–H and O–H groups in total. The number of hydrogen-bond acceptors (Lipinski definition) is 4. The molecule has 1 amide bonds. The first-order chi connectivity index (χ1) is 12.4. The lowest BCUT2D eigenvalue weighted by Gasteiger charge is -2.41. The molecule has 0 unspecified atom stereocenters. The Hall–Kier alpha value is -1.44. The van der Waals surface area contributed by atoms with Crippen LogP contribution in [0.5, 0.6) is 0 Å². The Morgan fingerprint density at radius 3 is 2.50 bits per heavy atom. The van der Waals surface area contributed by atoms with E-state index < -0.39 is 10.0 Å². The fourth-order valence-corrected chi connectivity index (χ4v) is 4.79. The largest absolute Gasteiger partial charge is 0.355 e. The van der Waals surface area contributed by atoms with E-state index in [1.165, 1.54) is 44.2 Å². The molecular formula is C19H29N3O3S. The van der Waals surface area contributed by atoms with Crippen LogP contribution in [0.3, 0.4) is 0 Å². The number of carbonyl (C=O) groups is 1. The lowest BCUT2D eigenvalue weighted by Crippen LogP contribution is -2.46. The summed E-state index contributed by atoms with van der Waals surface area (Å²) in [6.45, 7) is 3.12. The first kappa shape index (κ1) is 19.3. The van der Waals surface area contributed by atoms with Gasteiger partial charge in [-0.2, -0.15) is 0 Å². The van der Waals surface area contributed by atoms with E-state index in [1.54, 1.807) is 12.1 Å². The second-order valence-corrected chi connectivity index (χ2v) is 9.18. The quantitative estimate of drug-likeness (QED) is 0.783. The number of benzene rings is 1. The Morgan fingerprint density at radius 1 is 1.12 bits per heavy atom. The summed E-state index contributed by atoms with van der Waals surface area (Å²) in [7, 11) is -3.65. The van der Waals surface area contributed by atoms with Crippen molar-refractivity contribution in [2.75, 3.05) is 26.2 Å². The number of hydrogen-bond donors (Lipinski definition) is 2. The molecule has 3 rings (SSSR count). The molecule has 1 saturated heterocycles. The van der Waals surface area contributed by atoms with E-state index in [1.807, 2.05) is 0 Å². The van der Waals surface area contributed by atoms with Crippen molar-refractivity contribution in [2.24, 2.45) is 17.0 Å². The number of rotatable bonds is 6. The van der Waals surface area contributed by atoms with E-state index in [0.717, 1.165) is 30.5 Å².